The van der Waals surface area contributed by atoms with Crippen LogP contribution in [0.3, 0.4) is 0 Å². The fourth-order valence-corrected chi connectivity index (χ4v) is 6.58. The Kier molecular flexibility index (Phi) is 18.3. The maximum atomic E-state index is 11.9. The minimum atomic E-state index is 0.00682. The summed E-state index contributed by atoms with van der Waals surface area (Å²) in [5, 5.41) is 0. The van der Waals surface area contributed by atoms with Crippen LogP contribution in [0.25, 0.3) is 0 Å². The van der Waals surface area contributed by atoms with Gasteiger partial charge >= 0.3 is 5.97 Å². The van der Waals surface area contributed by atoms with Gasteiger partial charge in [0, 0.05) is 32.6 Å². The highest BCUT2D eigenvalue weighted by Crippen LogP contribution is 2.26. The van der Waals surface area contributed by atoms with Gasteiger partial charge in [-0.25, -0.2) is 0 Å². The Morgan fingerprint density at radius 1 is 0.725 bits per heavy atom. The van der Waals surface area contributed by atoms with E-state index in [1.807, 2.05) is 0 Å². The molecule has 0 N–H and O–H groups in total. The number of morpholine rings is 2. The highest BCUT2D eigenvalue weighted by molar-refractivity contribution is 5.69. The Balaban J connectivity index is 1.08. The van der Waals surface area contributed by atoms with Gasteiger partial charge in [-0.15, -0.1) is 0 Å². The monoisotopic (exact) mass is 560 g/mol. The quantitative estimate of drug-likeness (QED) is 0.0673. The van der Waals surface area contributed by atoms with Crippen molar-refractivity contribution in [3.8, 4) is 0 Å². The average Bonchev–Trinajstić information content (AvgIpc) is 2.91. The number of allylic oxidation sites excluding steroid dienone is 2. The van der Waals surface area contributed by atoms with Gasteiger partial charge in [0.15, 0.2) is 0 Å². The maximum Gasteiger partial charge on any atom is 0.305 e. The van der Waals surface area contributed by atoms with Crippen molar-refractivity contribution in [3.63, 3.8) is 0 Å². The molecule has 0 radical (unpaired) electrons. The summed E-state index contributed by atoms with van der Waals surface area (Å²) in [5.74, 6) is 0.00682. The van der Waals surface area contributed by atoms with Gasteiger partial charge in [0.25, 0.3) is 0 Å². The van der Waals surface area contributed by atoms with Gasteiger partial charge in [-0.2, -0.15) is 0 Å². The summed E-state index contributed by atoms with van der Waals surface area (Å²) in [6.07, 6.45) is 31.0. The smallest absolute Gasteiger partial charge is 0.305 e. The largest absolute Gasteiger partial charge is 0.466 e. The first-order valence-electron chi connectivity index (χ1n) is 17.7. The maximum absolute atomic E-state index is 11.9. The third-order valence-corrected chi connectivity index (χ3v) is 9.21. The van der Waals surface area contributed by atoms with Crippen LogP contribution in [0.1, 0.15) is 148 Å². The minimum absolute atomic E-state index is 0.00682. The van der Waals surface area contributed by atoms with Crippen LogP contribution in [0.2, 0.25) is 0 Å². The van der Waals surface area contributed by atoms with Crippen molar-refractivity contribution in [2.75, 3.05) is 45.9 Å². The van der Waals surface area contributed by atoms with E-state index in [2.05, 4.69) is 22.8 Å². The van der Waals surface area contributed by atoms with Gasteiger partial charge < -0.3 is 9.47 Å². The first-order chi connectivity index (χ1) is 19.7. The zero-order valence-corrected chi connectivity index (χ0v) is 26.4. The van der Waals surface area contributed by atoms with E-state index >= 15 is 0 Å². The molecule has 5 heteroatoms. The molecule has 0 amide bonds. The number of fused-ring (bicyclic) bond motifs is 2. The molecule has 0 spiro atoms. The lowest BCUT2D eigenvalue weighted by Gasteiger charge is -2.46. The van der Waals surface area contributed by atoms with Crippen molar-refractivity contribution in [2.45, 2.75) is 160 Å². The first-order valence-corrected chi connectivity index (χ1v) is 17.7. The molecular weight excluding hydrogens is 496 g/mol. The summed E-state index contributed by atoms with van der Waals surface area (Å²) >= 11 is 0. The lowest BCUT2D eigenvalue weighted by molar-refractivity contribution is -0.143. The van der Waals surface area contributed by atoms with Crippen LogP contribution in [0.5, 0.6) is 0 Å². The van der Waals surface area contributed by atoms with Gasteiger partial charge in [-0.3, -0.25) is 14.6 Å². The molecule has 1 aliphatic carbocycles. The van der Waals surface area contributed by atoms with E-state index in [1.165, 1.54) is 129 Å². The molecule has 232 valence electrons. The topological polar surface area (TPSA) is 42.0 Å². The average molecular weight is 561 g/mol. The molecule has 2 unspecified atom stereocenters. The molecule has 2 heterocycles. The summed E-state index contributed by atoms with van der Waals surface area (Å²) < 4.78 is 11.7. The predicted molar refractivity (Wildman–Crippen MR) is 168 cm³/mol. The number of ether oxygens (including phenoxy) is 2. The van der Waals surface area contributed by atoms with E-state index in [4.69, 9.17) is 9.47 Å². The van der Waals surface area contributed by atoms with Crippen molar-refractivity contribution < 1.29 is 14.3 Å². The number of esters is 1. The Morgan fingerprint density at radius 3 is 1.82 bits per heavy atom. The molecule has 2 bridgehead atoms. The summed E-state index contributed by atoms with van der Waals surface area (Å²) in [4.78, 5) is 17.3. The van der Waals surface area contributed by atoms with Gasteiger partial charge in [0.05, 0.1) is 18.8 Å². The molecule has 0 aromatic carbocycles. The fourth-order valence-electron chi connectivity index (χ4n) is 6.58. The zero-order chi connectivity index (χ0) is 28.1. The predicted octanol–water partition coefficient (Wildman–Crippen LogP) is 8.46. The SMILES string of the molecule is CCCCCCCCCOC(=O)CCCCCCCN1CC2CN(CCCCCCCC=C3CCC3)CC(C1)O2. The summed E-state index contributed by atoms with van der Waals surface area (Å²) in [6.45, 7) is 9.77. The highest BCUT2D eigenvalue weighted by atomic mass is 16.5. The standard InChI is InChI=1S/C35H64N2O3/c1-2-3-4-5-8-14-19-27-39-35(38)24-16-11-9-13-18-26-37-30-33-28-36(29-34(31-37)40-33)25-17-12-7-6-10-15-21-32-22-20-23-32/h21,33-34H,2-20,22-31H2,1H3. The molecule has 5 nitrogen and oxygen atoms in total. The summed E-state index contributed by atoms with van der Waals surface area (Å²) in [7, 11) is 0. The third kappa shape index (κ3) is 15.4. The van der Waals surface area contributed by atoms with Crippen molar-refractivity contribution in [3.05, 3.63) is 11.6 Å². The summed E-state index contributed by atoms with van der Waals surface area (Å²) in [5.41, 5.74) is 1.72. The second-order valence-corrected chi connectivity index (χ2v) is 13.0. The molecular formula is C35H64N2O3. The van der Waals surface area contributed by atoms with E-state index in [1.54, 1.807) is 5.57 Å². The van der Waals surface area contributed by atoms with Crippen LogP contribution in [-0.2, 0) is 14.3 Å². The minimum Gasteiger partial charge on any atom is -0.466 e. The molecule has 2 atom stereocenters. The molecule has 1 saturated carbocycles. The molecule has 0 aromatic rings. The van der Waals surface area contributed by atoms with E-state index in [0.717, 1.165) is 45.4 Å². The molecule has 3 fully saturated rings. The Hall–Kier alpha value is -0.910. The van der Waals surface area contributed by atoms with E-state index in [-0.39, 0.29) is 5.97 Å². The van der Waals surface area contributed by atoms with E-state index < -0.39 is 0 Å². The molecule has 2 aliphatic heterocycles. The number of carbonyl (C=O) groups excluding carboxylic acids is 1. The lowest BCUT2D eigenvalue weighted by Crippen LogP contribution is -2.59. The zero-order valence-electron chi connectivity index (χ0n) is 26.4. The normalized spacial score (nSPS) is 21.4. The van der Waals surface area contributed by atoms with Gasteiger partial charge in [-0.1, -0.05) is 95.6 Å². The van der Waals surface area contributed by atoms with Crippen molar-refractivity contribution in [2.24, 2.45) is 0 Å². The van der Waals surface area contributed by atoms with Crippen LogP contribution < -0.4 is 0 Å². The first kappa shape index (κ1) is 33.6. The van der Waals surface area contributed by atoms with Crippen LogP contribution in [0.15, 0.2) is 11.6 Å². The lowest BCUT2D eigenvalue weighted by atomic mass is 9.91. The van der Waals surface area contributed by atoms with E-state index in [0.29, 0.717) is 25.2 Å². The van der Waals surface area contributed by atoms with Crippen LogP contribution in [0.4, 0.5) is 0 Å². The van der Waals surface area contributed by atoms with Crippen LogP contribution >= 0.6 is 0 Å². The Labute approximate surface area is 247 Å². The molecule has 0 aromatic heterocycles. The number of unbranched alkanes of at least 4 members (excludes halogenated alkanes) is 15. The Morgan fingerprint density at radius 2 is 1.25 bits per heavy atom. The highest BCUT2D eigenvalue weighted by Gasteiger charge is 2.34. The van der Waals surface area contributed by atoms with Crippen LogP contribution in [-0.4, -0.2) is 73.9 Å². The number of carbonyl (C=O) groups is 1. The molecule has 2 saturated heterocycles. The number of nitrogens with zero attached hydrogens (tertiary/aromatic N) is 2. The van der Waals surface area contributed by atoms with Gasteiger partial charge in [-0.05, 0) is 70.9 Å². The number of hydrogen-bond donors (Lipinski definition) is 0. The number of rotatable bonds is 24. The van der Waals surface area contributed by atoms with Crippen molar-refractivity contribution in [1.29, 1.82) is 0 Å². The second-order valence-electron chi connectivity index (χ2n) is 13.0. The molecule has 3 rings (SSSR count). The van der Waals surface area contributed by atoms with Crippen molar-refractivity contribution in [1.82, 2.24) is 9.80 Å². The van der Waals surface area contributed by atoms with Crippen LogP contribution in [0, 0.1) is 0 Å². The second kappa shape index (κ2) is 21.7. The summed E-state index contributed by atoms with van der Waals surface area (Å²) in [6, 6.07) is 0. The van der Waals surface area contributed by atoms with Gasteiger partial charge in [0.2, 0.25) is 0 Å². The Bertz CT molecular complexity index is 662. The number of hydrogen-bond acceptors (Lipinski definition) is 5. The fraction of sp³-hybridized carbons (Fsp3) is 0.914. The third-order valence-electron chi connectivity index (χ3n) is 9.21. The van der Waals surface area contributed by atoms with Crippen molar-refractivity contribution >= 4 is 5.97 Å². The van der Waals surface area contributed by atoms with E-state index in [9.17, 15) is 4.79 Å². The van der Waals surface area contributed by atoms with Gasteiger partial charge in [0.1, 0.15) is 0 Å². The molecule has 40 heavy (non-hydrogen) atoms. The molecule has 3 aliphatic rings.